The minimum Gasteiger partial charge on any atom is -0.271 e. The number of nitrogens with one attached hydrogen (secondary N) is 1. The van der Waals surface area contributed by atoms with E-state index in [0.717, 1.165) is 15.6 Å². The summed E-state index contributed by atoms with van der Waals surface area (Å²) in [5, 5.41) is 1.61. The van der Waals surface area contributed by atoms with E-state index in [4.69, 9.17) is 40.6 Å². The first-order valence-electron chi connectivity index (χ1n) is 5.39. The number of nitrogens with two attached hydrogens (primary N) is 1. The van der Waals surface area contributed by atoms with Gasteiger partial charge in [0.05, 0.1) is 21.1 Å². The van der Waals surface area contributed by atoms with Gasteiger partial charge in [0.25, 0.3) is 0 Å². The number of rotatable bonds is 3. The third kappa shape index (κ3) is 3.24. The molecule has 0 bridgehead atoms. The van der Waals surface area contributed by atoms with Gasteiger partial charge < -0.3 is 0 Å². The normalized spacial score (nSPS) is 12.5. The van der Waals surface area contributed by atoms with E-state index >= 15 is 0 Å². The lowest BCUT2D eigenvalue weighted by molar-refractivity contribution is 0.637. The molecule has 2 aromatic carbocycles. The van der Waals surface area contributed by atoms with Gasteiger partial charge in [0.1, 0.15) is 0 Å². The van der Waals surface area contributed by atoms with Crippen LogP contribution in [-0.4, -0.2) is 0 Å². The quantitative estimate of drug-likeness (QED) is 0.583. The minimum absolute atomic E-state index is 0.264. The Morgan fingerprint density at radius 2 is 1.79 bits per heavy atom. The van der Waals surface area contributed by atoms with Crippen LogP contribution in [0.5, 0.6) is 0 Å². The Labute approximate surface area is 134 Å². The van der Waals surface area contributed by atoms with E-state index in [1.54, 1.807) is 12.1 Å². The zero-order valence-electron chi connectivity index (χ0n) is 9.63. The van der Waals surface area contributed by atoms with E-state index in [2.05, 4.69) is 21.4 Å². The van der Waals surface area contributed by atoms with E-state index in [-0.39, 0.29) is 6.04 Å². The summed E-state index contributed by atoms with van der Waals surface area (Å²) >= 11 is 21.6. The van der Waals surface area contributed by atoms with Crippen molar-refractivity contribution in [2.75, 3.05) is 0 Å². The Hall–Kier alpha value is -0.290. The number of halogens is 4. The molecule has 2 aromatic rings. The van der Waals surface area contributed by atoms with Crippen LogP contribution in [0.4, 0.5) is 0 Å². The van der Waals surface area contributed by atoms with Crippen LogP contribution in [0.2, 0.25) is 15.1 Å². The summed E-state index contributed by atoms with van der Waals surface area (Å²) in [7, 11) is 0. The van der Waals surface area contributed by atoms with Crippen molar-refractivity contribution in [1.29, 1.82) is 0 Å². The fourth-order valence-electron chi connectivity index (χ4n) is 1.80. The van der Waals surface area contributed by atoms with Gasteiger partial charge >= 0.3 is 0 Å². The van der Waals surface area contributed by atoms with Crippen molar-refractivity contribution < 1.29 is 0 Å². The number of benzene rings is 2. The van der Waals surface area contributed by atoms with Gasteiger partial charge in [-0.1, -0.05) is 53.0 Å². The Kier molecular flexibility index (Phi) is 5.12. The van der Waals surface area contributed by atoms with Crippen LogP contribution in [0.3, 0.4) is 0 Å². The first-order chi connectivity index (χ1) is 9.04. The first kappa shape index (κ1) is 15.1. The number of hydrogen-bond donors (Lipinski definition) is 2. The highest BCUT2D eigenvalue weighted by Crippen LogP contribution is 2.34. The first-order valence-corrected chi connectivity index (χ1v) is 7.32. The smallest absolute Gasteiger partial charge is 0.0725 e. The molecule has 2 nitrogen and oxygen atoms in total. The van der Waals surface area contributed by atoms with Crippen LogP contribution in [0.15, 0.2) is 40.9 Å². The van der Waals surface area contributed by atoms with E-state index in [0.29, 0.717) is 15.1 Å². The lowest BCUT2D eigenvalue weighted by Crippen LogP contribution is -2.29. The second-order valence-electron chi connectivity index (χ2n) is 3.92. The van der Waals surface area contributed by atoms with Crippen LogP contribution in [0.1, 0.15) is 17.2 Å². The van der Waals surface area contributed by atoms with Crippen LogP contribution in [0.25, 0.3) is 0 Å². The lowest BCUT2D eigenvalue weighted by atomic mass is 9.99. The molecule has 0 aliphatic carbocycles. The summed E-state index contributed by atoms with van der Waals surface area (Å²) in [6, 6.07) is 10.8. The molecule has 19 heavy (non-hydrogen) atoms. The Balaban J connectivity index is 2.50. The van der Waals surface area contributed by atoms with E-state index < -0.39 is 0 Å². The molecule has 0 amide bonds. The molecule has 6 heteroatoms. The van der Waals surface area contributed by atoms with Gasteiger partial charge in [0.2, 0.25) is 0 Å². The maximum atomic E-state index is 6.22. The van der Waals surface area contributed by atoms with Crippen molar-refractivity contribution in [2.24, 2.45) is 5.84 Å². The molecular formula is C13H10BrCl3N2. The fraction of sp³-hybridized carbons (Fsp3) is 0.0769. The van der Waals surface area contributed by atoms with Crippen molar-refractivity contribution >= 4 is 50.7 Å². The highest BCUT2D eigenvalue weighted by Gasteiger charge is 2.17. The number of hydrogen-bond acceptors (Lipinski definition) is 2. The zero-order valence-corrected chi connectivity index (χ0v) is 13.5. The predicted octanol–water partition coefficient (Wildman–Crippen LogP) is 4.96. The number of hydrazine groups is 1. The molecule has 0 aromatic heterocycles. The molecule has 1 atom stereocenters. The molecule has 0 saturated heterocycles. The maximum absolute atomic E-state index is 6.22. The summed E-state index contributed by atoms with van der Waals surface area (Å²) in [5.74, 6) is 5.64. The third-order valence-corrected chi connectivity index (χ3v) is 4.78. The summed E-state index contributed by atoms with van der Waals surface area (Å²) in [6.07, 6.45) is 0. The van der Waals surface area contributed by atoms with Crippen LogP contribution in [0, 0.1) is 0 Å². The molecular weight excluding hydrogens is 370 g/mol. The fourth-order valence-corrected chi connectivity index (χ4v) is 2.73. The second kappa shape index (κ2) is 6.44. The Bertz CT molecular complexity index is 604. The maximum Gasteiger partial charge on any atom is 0.0725 e. The second-order valence-corrected chi connectivity index (χ2v) is 5.96. The highest BCUT2D eigenvalue weighted by atomic mass is 79.9. The molecule has 0 radical (unpaired) electrons. The average molecular weight is 381 g/mol. The standard InChI is InChI=1S/C13H10BrCl3N2/c14-9-6-7(4-5-10(9)15)13(19-18)8-2-1-3-11(16)12(8)17/h1-6,13,19H,18H2. The van der Waals surface area contributed by atoms with Gasteiger partial charge in [-0.3, -0.25) is 5.84 Å². The molecule has 0 heterocycles. The summed E-state index contributed by atoms with van der Waals surface area (Å²) in [6.45, 7) is 0. The van der Waals surface area contributed by atoms with E-state index in [1.165, 1.54) is 0 Å². The minimum atomic E-state index is -0.264. The molecule has 2 rings (SSSR count). The largest absolute Gasteiger partial charge is 0.271 e. The SMILES string of the molecule is NNC(c1ccc(Cl)c(Br)c1)c1cccc(Cl)c1Cl. The monoisotopic (exact) mass is 378 g/mol. The predicted molar refractivity (Wildman–Crippen MR) is 84.8 cm³/mol. The highest BCUT2D eigenvalue weighted by molar-refractivity contribution is 9.10. The van der Waals surface area contributed by atoms with Gasteiger partial charge in [-0.2, -0.15) is 0 Å². The van der Waals surface area contributed by atoms with Crippen molar-refractivity contribution in [1.82, 2.24) is 5.43 Å². The molecule has 3 N–H and O–H groups in total. The summed E-state index contributed by atoms with van der Waals surface area (Å²) < 4.78 is 0.796. The molecule has 0 saturated carbocycles. The summed E-state index contributed by atoms with van der Waals surface area (Å²) in [4.78, 5) is 0. The third-order valence-electron chi connectivity index (χ3n) is 2.74. The van der Waals surface area contributed by atoms with Gasteiger partial charge in [-0.25, -0.2) is 5.43 Å². The van der Waals surface area contributed by atoms with Crippen molar-refractivity contribution in [3.63, 3.8) is 0 Å². The lowest BCUT2D eigenvalue weighted by Gasteiger charge is -2.19. The van der Waals surface area contributed by atoms with Gasteiger partial charge in [0.15, 0.2) is 0 Å². The Morgan fingerprint density at radius 1 is 1.05 bits per heavy atom. The van der Waals surface area contributed by atoms with Crippen molar-refractivity contribution in [2.45, 2.75) is 6.04 Å². The van der Waals surface area contributed by atoms with E-state index in [1.807, 2.05) is 24.3 Å². The van der Waals surface area contributed by atoms with Crippen molar-refractivity contribution in [3.8, 4) is 0 Å². The Morgan fingerprint density at radius 3 is 2.42 bits per heavy atom. The molecule has 100 valence electrons. The molecule has 0 fully saturated rings. The van der Waals surface area contributed by atoms with E-state index in [9.17, 15) is 0 Å². The van der Waals surface area contributed by atoms with Crippen LogP contribution >= 0.6 is 50.7 Å². The average Bonchev–Trinajstić information content (AvgIpc) is 2.39. The van der Waals surface area contributed by atoms with Crippen LogP contribution < -0.4 is 11.3 Å². The van der Waals surface area contributed by atoms with Gasteiger partial charge in [0, 0.05) is 4.47 Å². The molecule has 0 aliphatic rings. The van der Waals surface area contributed by atoms with Gasteiger partial charge in [-0.15, -0.1) is 0 Å². The molecule has 1 unspecified atom stereocenters. The zero-order chi connectivity index (χ0) is 14.0. The van der Waals surface area contributed by atoms with Crippen LogP contribution in [-0.2, 0) is 0 Å². The van der Waals surface area contributed by atoms with Crippen molar-refractivity contribution in [3.05, 3.63) is 67.1 Å². The molecule has 0 aliphatic heterocycles. The topological polar surface area (TPSA) is 38.0 Å². The summed E-state index contributed by atoms with van der Waals surface area (Å²) in [5.41, 5.74) is 4.49. The molecule has 0 spiro atoms. The van der Waals surface area contributed by atoms with Gasteiger partial charge in [-0.05, 0) is 45.3 Å².